The van der Waals surface area contributed by atoms with Crippen molar-refractivity contribution in [2.24, 2.45) is 5.41 Å². The summed E-state index contributed by atoms with van der Waals surface area (Å²) >= 11 is 0. The second-order valence-corrected chi connectivity index (χ2v) is 5.56. The molecular formula is C12H25NO. The minimum Gasteiger partial charge on any atom is -0.378 e. The average molecular weight is 199 g/mol. The second-order valence-electron chi connectivity index (χ2n) is 5.56. The molecule has 14 heavy (non-hydrogen) atoms. The Morgan fingerprint density at radius 1 is 1.36 bits per heavy atom. The molecule has 0 aromatic carbocycles. The van der Waals surface area contributed by atoms with Crippen LogP contribution in [0.2, 0.25) is 0 Å². The topological polar surface area (TPSA) is 21.3 Å². The number of hydrogen-bond acceptors (Lipinski definition) is 2. The Kier molecular flexibility index (Phi) is 4.39. The molecule has 1 saturated carbocycles. The standard InChI is InChI=1S/C12H25NO/c1-10(2)13-8-12(3,4)9-14-11-6-5-7-11/h10-11,13H,5-9H2,1-4H3. The van der Waals surface area contributed by atoms with Crippen molar-refractivity contribution < 1.29 is 4.74 Å². The summed E-state index contributed by atoms with van der Waals surface area (Å²) in [5, 5.41) is 3.47. The SMILES string of the molecule is CC(C)NCC(C)(C)COC1CCC1. The van der Waals surface area contributed by atoms with Gasteiger partial charge in [-0.25, -0.2) is 0 Å². The summed E-state index contributed by atoms with van der Waals surface area (Å²) in [4.78, 5) is 0. The highest BCUT2D eigenvalue weighted by atomic mass is 16.5. The zero-order chi connectivity index (χ0) is 10.6. The fourth-order valence-corrected chi connectivity index (χ4v) is 1.41. The summed E-state index contributed by atoms with van der Waals surface area (Å²) in [5.41, 5.74) is 0.264. The molecule has 0 spiro atoms. The molecule has 1 N–H and O–H groups in total. The number of nitrogens with one attached hydrogen (secondary N) is 1. The van der Waals surface area contributed by atoms with Crippen molar-refractivity contribution in [2.75, 3.05) is 13.2 Å². The van der Waals surface area contributed by atoms with Crippen LogP contribution in [0.3, 0.4) is 0 Å². The first-order valence-electron chi connectivity index (χ1n) is 5.84. The molecule has 2 nitrogen and oxygen atoms in total. The predicted molar refractivity (Wildman–Crippen MR) is 60.5 cm³/mol. The Balaban J connectivity index is 2.11. The van der Waals surface area contributed by atoms with Crippen LogP contribution >= 0.6 is 0 Å². The predicted octanol–water partition coefficient (Wildman–Crippen LogP) is 2.58. The highest BCUT2D eigenvalue weighted by Gasteiger charge is 2.23. The number of hydrogen-bond donors (Lipinski definition) is 1. The van der Waals surface area contributed by atoms with Crippen molar-refractivity contribution in [1.29, 1.82) is 0 Å². The molecule has 0 atom stereocenters. The molecule has 1 aliphatic rings. The van der Waals surface area contributed by atoms with E-state index in [1.54, 1.807) is 0 Å². The van der Waals surface area contributed by atoms with Crippen LogP contribution < -0.4 is 5.32 Å². The van der Waals surface area contributed by atoms with Crippen LogP contribution in [0.15, 0.2) is 0 Å². The van der Waals surface area contributed by atoms with Crippen molar-refractivity contribution in [3.63, 3.8) is 0 Å². The summed E-state index contributed by atoms with van der Waals surface area (Å²) in [5.74, 6) is 0. The van der Waals surface area contributed by atoms with Gasteiger partial charge in [-0.2, -0.15) is 0 Å². The van der Waals surface area contributed by atoms with Crippen LogP contribution in [0.1, 0.15) is 47.0 Å². The molecule has 1 fully saturated rings. The zero-order valence-corrected chi connectivity index (χ0v) is 10.1. The highest BCUT2D eigenvalue weighted by molar-refractivity contribution is 4.75. The molecule has 0 aromatic rings. The lowest BCUT2D eigenvalue weighted by Gasteiger charge is -2.32. The van der Waals surface area contributed by atoms with Gasteiger partial charge in [0.05, 0.1) is 12.7 Å². The number of rotatable bonds is 6. The first kappa shape index (κ1) is 12.0. The van der Waals surface area contributed by atoms with Crippen LogP contribution in [-0.4, -0.2) is 25.3 Å². The molecule has 2 heteroatoms. The van der Waals surface area contributed by atoms with Crippen molar-refractivity contribution in [3.05, 3.63) is 0 Å². The second kappa shape index (κ2) is 5.13. The van der Waals surface area contributed by atoms with Gasteiger partial charge < -0.3 is 10.1 Å². The summed E-state index contributed by atoms with van der Waals surface area (Å²) in [6.45, 7) is 10.8. The lowest BCUT2D eigenvalue weighted by molar-refractivity contribution is -0.0354. The van der Waals surface area contributed by atoms with Crippen LogP contribution in [0.4, 0.5) is 0 Å². The van der Waals surface area contributed by atoms with E-state index in [9.17, 15) is 0 Å². The maximum absolute atomic E-state index is 5.84. The summed E-state index contributed by atoms with van der Waals surface area (Å²) in [7, 11) is 0. The lowest BCUT2D eigenvalue weighted by Crippen LogP contribution is -2.38. The Morgan fingerprint density at radius 3 is 2.43 bits per heavy atom. The maximum atomic E-state index is 5.84. The van der Waals surface area contributed by atoms with Crippen LogP contribution in [-0.2, 0) is 4.74 Å². The smallest absolute Gasteiger partial charge is 0.0575 e. The van der Waals surface area contributed by atoms with Crippen molar-refractivity contribution in [2.45, 2.75) is 59.1 Å². The third-order valence-electron chi connectivity index (χ3n) is 2.75. The van der Waals surface area contributed by atoms with Gasteiger partial charge in [-0.3, -0.25) is 0 Å². The molecule has 1 aliphatic carbocycles. The maximum Gasteiger partial charge on any atom is 0.0575 e. The molecule has 0 saturated heterocycles. The van der Waals surface area contributed by atoms with Crippen LogP contribution in [0.5, 0.6) is 0 Å². The van der Waals surface area contributed by atoms with Crippen LogP contribution in [0.25, 0.3) is 0 Å². The van der Waals surface area contributed by atoms with E-state index in [-0.39, 0.29) is 5.41 Å². The van der Waals surface area contributed by atoms with E-state index in [0.717, 1.165) is 13.2 Å². The van der Waals surface area contributed by atoms with E-state index in [4.69, 9.17) is 4.74 Å². The van der Waals surface area contributed by atoms with Gasteiger partial charge >= 0.3 is 0 Å². The van der Waals surface area contributed by atoms with Gasteiger partial charge in [0, 0.05) is 18.0 Å². The van der Waals surface area contributed by atoms with E-state index in [1.807, 2.05) is 0 Å². The molecule has 0 amide bonds. The van der Waals surface area contributed by atoms with E-state index in [2.05, 4.69) is 33.0 Å². The summed E-state index contributed by atoms with van der Waals surface area (Å²) in [6, 6.07) is 0.568. The fourth-order valence-electron chi connectivity index (χ4n) is 1.41. The third-order valence-corrected chi connectivity index (χ3v) is 2.75. The lowest BCUT2D eigenvalue weighted by atomic mass is 9.92. The van der Waals surface area contributed by atoms with Gasteiger partial charge in [0.2, 0.25) is 0 Å². The number of ether oxygens (including phenoxy) is 1. The highest BCUT2D eigenvalue weighted by Crippen LogP contribution is 2.25. The Labute approximate surface area is 88.4 Å². The normalized spacial score (nSPS) is 18.6. The van der Waals surface area contributed by atoms with Gasteiger partial charge in [0.15, 0.2) is 0 Å². The summed E-state index contributed by atoms with van der Waals surface area (Å²) < 4.78 is 5.84. The zero-order valence-electron chi connectivity index (χ0n) is 10.1. The molecule has 0 radical (unpaired) electrons. The third kappa shape index (κ3) is 4.43. The van der Waals surface area contributed by atoms with Gasteiger partial charge in [-0.05, 0) is 19.3 Å². The monoisotopic (exact) mass is 199 g/mol. The summed E-state index contributed by atoms with van der Waals surface area (Å²) in [6.07, 6.45) is 4.46. The van der Waals surface area contributed by atoms with Gasteiger partial charge in [-0.1, -0.05) is 27.7 Å². The molecule has 0 heterocycles. The minimum atomic E-state index is 0.264. The van der Waals surface area contributed by atoms with Crippen molar-refractivity contribution in [3.8, 4) is 0 Å². The Hall–Kier alpha value is -0.0800. The van der Waals surface area contributed by atoms with Gasteiger partial charge in [-0.15, -0.1) is 0 Å². The molecule has 0 unspecified atom stereocenters. The molecule has 84 valence electrons. The van der Waals surface area contributed by atoms with E-state index in [0.29, 0.717) is 12.1 Å². The molecule has 1 rings (SSSR count). The van der Waals surface area contributed by atoms with Gasteiger partial charge in [0.25, 0.3) is 0 Å². The Morgan fingerprint density at radius 2 is 2.00 bits per heavy atom. The fraction of sp³-hybridized carbons (Fsp3) is 1.00. The molecule has 0 bridgehead atoms. The minimum absolute atomic E-state index is 0.264. The van der Waals surface area contributed by atoms with Crippen LogP contribution in [0, 0.1) is 5.41 Å². The van der Waals surface area contributed by atoms with E-state index >= 15 is 0 Å². The van der Waals surface area contributed by atoms with Crippen molar-refractivity contribution >= 4 is 0 Å². The van der Waals surface area contributed by atoms with Crippen molar-refractivity contribution in [1.82, 2.24) is 5.32 Å². The van der Waals surface area contributed by atoms with E-state index in [1.165, 1.54) is 19.3 Å². The van der Waals surface area contributed by atoms with E-state index < -0.39 is 0 Å². The first-order chi connectivity index (χ1) is 6.49. The average Bonchev–Trinajstić information content (AvgIpc) is 1.98. The van der Waals surface area contributed by atoms with Gasteiger partial charge in [0.1, 0.15) is 0 Å². The molecule has 0 aliphatic heterocycles. The largest absolute Gasteiger partial charge is 0.378 e. The quantitative estimate of drug-likeness (QED) is 0.710. The molecular weight excluding hydrogens is 174 g/mol. The molecule has 0 aromatic heterocycles. The Bertz CT molecular complexity index is 162. The first-order valence-corrected chi connectivity index (χ1v) is 5.84.